The minimum Gasteiger partial charge on any atom is -0.303 e. The smallest absolute Gasteiger partial charge is 0.242 e. The molecule has 0 unspecified atom stereocenters. The van der Waals surface area contributed by atoms with Crippen LogP contribution in [0.5, 0.6) is 0 Å². The van der Waals surface area contributed by atoms with Crippen molar-refractivity contribution < 1.29 is 8.42 Å². The maximum Gasteiger partial charge on any atom is 0.242 e. The standard InChI is InChI=1S/C34H37ClN2O2S.ClH/c1-36(40(38,39)33-18-9-4-10-19-33)27-29(28-12-11-17-32(35)26-28)20-23-37-24-21-34(22-25-37,30-13-5-2-6-14-30)31-15-7-3-8-16-31;/h2-19,26,29H,20-25,27H2,1H3;1H/t29-;/m1./s1. The third kappa shape index (κ3) is 7.22. The molecule has 5 rings (SSSR count). The highest BCUT2D eigenvalue weighted by atomic mass is 35.5. The van der Waals surface area contributed by atoms with Crippen molar-refractivity contribution in [2.45, 2.75) is 35.5 Å². The number of sulfonamides is 1. The largest absolute Gasteiger partial charge is 0.303 e. The second-order valence-electron chi connectivity index (χ2n) is 10.8. The van der Waals surface area contributed by atoms with Crippen LogP contribution in [0.15, 0.2) is 120 Å². The van der Waals surface area contributed by atoms with Crippen molar-refractivity contribution in [2.24, 2.45) is 0 Å². The fraction of sp³-hybridized carbons (Fsp3) is 0.294. The summed E-state index contributed by atoms with van der Waals surface area (Å²) in [6, 6.07) is 38.3. The van der Waals surface area contributed by atoms with E-state index in [4.69, 9.17) is 11.6 Å². The van der Waals surface area contributed by atoms with Gasteiger partial charge in [-0.3, -0.25) is 0 Å². The zero-order chi connectivity index (χ0) is 28.0. The Balaban J connectivity index is 0.00000387. The zero-order valence-corrected chi connectivity index (χ0v) is 25.8. The van der Waals surface area contributed by atoms with Gasteiger partial charge < -0.3 is 4.90 Å². The van der Waals surface area contributed by atoms with E-state index >= 15 is 0 Å². The van der Waals surface area contributed by atoms with E-state index < -0.39 is 10.0 Å². The van der Waals surface area contributed by atoms with Crippen LogP contribution in [0, 0.1) is 0 Å². The summed E-state index contributed by atoms with van der Waals surface area (Å²) in [5, 5.41) is 0.671. The van der Waals surface area contributed by atoms with Crippen LogP contribution in [-0.4, -0.2) is 50.8 Å². The fourth-order valence-electron chi connectivity index (χ4n) is 6.06. The van der Waals surface area contributed by atoms with Crippen molar-refractivity contribution in [3.63, 3.8) is 0 Å². The Hall–Kier alpha value is -2.67. The Morgan fingerprint density at radius 3 is 1.88 bits per heavy atom. The van der Waals surface area contributed by atoms with Crippen LogP contribution in [0.4, 0.5) is 0 Å². The molecule has 1 aliphatic rings. The molecule has 0 N–H and O–H groups in total. The summed E-state index contributed by atoms with van der Waals surface area (Å²) in [6.45, 7) is 3.27. The van der Waals surface area contributed by atoms with Crippen LogP contribution in [0.3, 0.4) is 0 Å². The van der Waals surface area contributed by atoms with Crippen LogP contribution >= 0.6 is 24.0 Å². The third-order valence-electron chi connectivity index (χ3n) is 8.41. The average Bonchev–Trinajstić information content (AvgIpc) is 3.00. The number of benzene rings is 4. The summed E-state index contributed by atoms with van der Waals surface area (Å²) < 4.78 is 28.1. The van der Waals surface area contributed by atoms with E-state index in [9.17, 15) is 8.42 Å². The molecule has 0 saturated carbocycles. The average molecular weight is 610 g/mol. The van der Waals surface area contributed by atoms with Crippen molar-refractivity contribution >= 4 is 34.0 Å². The molecule has 41 heavy (non-hydrogen) atoms. The molecule has 0 aliphatic carbocycles. The molecule has 216 valence electrons. The number of nitrogens with zero attached hydrogens (tertiary/aromatic N) is 2. The highest BCUT2D eigenvalue weighted by molar-refractivity contribution is 7.89. The first kappa shape index (κ1) is 31.3. The monoisotopic (exact) mass is 608 g/mol. The Bertz CT molecular complexity index is 1440. The third-order valence-corrected chi connectivity index (χ3v) is 10.5. The number of hydrogen-bond acceptors (Lipinski definition) is 3. The molecule has 1 aliphatic heterocycles. The van der Waals surface area contributed by atoms with Crippen molar-refractivity contribution in [2.75, 3.05) is 33.2 Å². The van der Waals surface area contributed by atoms with Crippen LogP contribution in [-0.2, 0) is 15.4 Å². The number of rotatable bonds is 10. The summed E-state index contributed by atoms with van der Waals surface area (Å²) in [5.41, 5.74) is 3.84. The lowest BCUT2D eigenvalue weighted by molar-refractivity contribution is 0.172. The van der Waals surface area contributed by atoms with Crippen LogP contribution in [0.2, 0.25) is 5.02 Å². The summed E-state index contributed by atoms with van der Waals surface area (Å²) in [4.78, 5) is 2.85. The topological polar surface area (TPSA) is 40.6 Å². The quantitative estimate of drug-likeness (QED) is 0.186. The SMILES string of the molecule is CN(C[C@@H](CCN1CCC(c2ccccc2)(c2ccccc2)CC1)c1cccc(Cl)c1)S(=O)(=O)c1ccccc1.Cl. The van der Waals surface area contributed by atoms with Gasteiger partial charge in [0.2, 0.25) is 10.0 Å². The molecule has 1 saturated heterocycles. The molecular formula is C34H38Cl2N2O2S. The lowest BCUT2D eigenvalue weighted by Gasteiger charge is -2.43. The number of likely N-dealkylation sites (N-methyl/N-ethyl adjacent to an activating group) is 1. The van der Waals surface area contributed by atoms with Gasteiger partial charge in [-0.1, -0.05) is 103 Å². The predicted molar refractivity (Wildman–Crippen MR) is 172 cm³/mol. The van der Waals surface area contributed by atoms with Crippen LogP contribution < -0.4 is 0 Å². The lowest BCUT2D eigenvalue weighted by atomic mass is 9.68. The van der Waals surface area contributed by atoms with E-state index in [0.29, 0.717) is 16.5 Å². The Kier molecular flexibility index (Phi) is 10.7. The van der Waals surface area contributed by atoms with Gasteiger partial charge in [0, 0.05) is 24.0 Å². The van der Waals surface area contributed by atoms with Gasteiger partial charge in [0.05, 0.1) is 4.90 Å². The summed E-state index contributed by atoms with van der Waals surface area (Å²) in [7, 11) is -1.91. The van der Waals surface area contributed by atoms with Gasteiger partial charge in [-0.25, -0.2) is 12.7 Å². The van der Waals surface area contributed by atoms with Gasteiger partial charge >= 0.3 is 0 Å². The van der Waals surface area contributed by atoms with Gasteiger partial charge in [0.15, 0.2) is 0 Å². The Labute approximate surface area is 256 Å². The molecule has 0 aromatic heterocycles. The van der Waals surface area contributed by atoms with Crippen molar-refractivity contribution in [3.8, 4) is 0 Å². The minimum absolute atomic E-state index is 0. The van der Waals surface area contributed by atoms with Gasteiger partial charge in [0.25, 0.3) is 0 Å². The molecule has 4 aromatic carbocycles. The Morgan fingerprint density at radius 1 is 0.805 bits per heavy atom. The normalized spacial score (nSPS) is 16.2. The molecule has 4 aromatic rings. The zero-order valence-electron chi connectivity index (χ0n) is 23.4. The summed E-state index contributed by atoms with van der Waals surface area (Å²) >= 11 is 6.37. The lowest BCUT2D eigenvalue weighted by Crippen LogP contribution is -2.44. The molecule has 1 heterocycles. The fourth-order valence-corrected chi connectivity index (χ4v) is 7.50. The molecule has 1 atom stereocenters. The number of halogens is 2. The highest BCUT2D eigenvalue weighted by Crippen LogP contribution is 2.42. The number of hydrogen-bond donors (Lipinski definition) is 0. The first-order valence-electron chi connectivity index (χ1n) is 14.0. The van der Waals surface area contributed by atoms with E-state index in [1.807, 2.05) is 24.3 Å². The highest BCUT2D eigenvalue weighted by Gasteiger charge is 2.37. The van der Waals surface area contributed by atoms with E-state index in [2.05, 4.69) is 71.6 Å². The maximum atomic E-state index is 13.3. The molecule has 4 nitrogen and oxygen atoms in total. The van der Waals surface area contributed by atoms with Crippen LogP contribution in [0.1, 0.15) is 41.9 Å². The first-order valence-corrected chi connectivity index (χ1v) is 15.8. The molecular weight excluding hydrogens is 571 g/mol. The molecule has 0 spiro atoms. The second-order valence-corrected chi connectivity index (χ2v) is 13.3. The van der Waals surface area contributed by atoms with Crippen molar-refractivity contribution in [1.29, 1.82) is 0 Å². The number of likely N-dealkylation sites (tertiary alicyclic amines) is 1. The summed E-state index contributed by atoms with van der Waals surface area (Å²) in [6.07, 6.45) is 2.94. The predicted octanol–water partition coefficient (Wildman–Crippen LogP) is 7.64. The maximum absolute atomic E-state index is 13.3. The number of piperidine rings is 1. The molecule has 0 bridgehead atoms. The molecule has 1 fully saturated rings. The van der Waals surface area contributed by atoms with E-state index in [1.165, 1.54) is 15.4 Å². The molecule has 0 amide bonds. The summed E-state index contributed by atoms with van der Waals surface area (Å²) in [5.74, 6) is 0.0251. The minimum atomic E-state index is -3.59. The van der Waals surface area contributed by atoms with Gasteiger partial charge in [0.1, 0.15) is 0 Å². The van der Waals surface area contributed by atoms with E-state index in [-0.39, 0.29) is 23.7 Å². The van der Waals surface area contributed by atoms with Gasteiger partial charge in [-0.05, 0) is 85.8 Å². The second kappa shape index (κ2) is 14.0. The van der Waals surface area contributed by atoms with Gasteiger partial charge in [-0.2, -0.15) is 0 Å². The van der Waals surface area contributed by atoms with E-state index in [1.54, 1.807) is 31.3 Å². The van der Waals surface area contributed by atoms with Crippen LogP contribution in [0.25, 0.3) is 0 Å². The van der Waals surface area contributed by atoms with Crippen molar-refractivity contribution in [3.05, 3.63) is 137 Å². The van der Waals surface area contributed by atoms with Gasteiger partial charge in [-0.15, -0.1) is 12.4 Å². The van der Waals surface area contributed by atoms with Crippen molar-refractivity contribution in [1.82, 2.24) is 9.21 Å². The molecule has 7 heteroatoms. The first-order chi connectivity index (χ1) is 19.4. The Morgan fingerprint density at radius 2 is 1.34 bits per heavy atom. The van der Waals surface area contributed by atoms with E-state index in [0.717, 1.165) is 44.5 Å². The molecule has 0 radical (unpaired) electrons.